The van der Waals surface area contributed by atoms with Crippen LogP contribution in [0.5, 0.6) is 0 Å². The third kappa shape index (κ3) is 7.09. The van der Waals surface area contributed by atoms with E-state index in [4.69, 9.17) is 15.6 Å². The largest absolute Gasteiger partial charge is 0.490 e. The number of aliphatic carboxylic acids is 1. The summed E-state index contributed by atoms with van der Waals surface area (Å²) in [4.78, 5) is 21.4. The molecule has 1 amide bonds. The summed E-state index contributed by atoms with van der Waals surface area (Å²) < 4.78 is 31.7. The number of nitrogens with one attached hydrogen (secondary N) is 2. The Labute approximate surface area is 182 Å². The van der Waals surface area contributed by atoms with Crippen LogP contribution in [0.3, 0.4) is 0 Å². The highest BCUT2D eigenvalue weighted by Gasteiger charge is 2.38. The summed E-state index contributed by atoms with van der Waals surface area (Å²) in [6, 6.07) is 9.52. The van der Waals surface area contributed by atoms with Crippen LogP contribution in [0.15, 0.2) is 36.7 Å². The van der Waals surface area contributed by atoms with Crippen molar-refractivity contribution in [1.29, 1.82) is 5.26 Å². The van der Waals surface area contributed by atoms with Crippen LogP contribution < -0.4 is 11.1 Å². The number of hydrogen-bond donors (Lipinski definition) is 4. The van der Waals surface area contributed by atoms with Crippen molar-refractivity contribution in [3.8, 4) is 17.2 Å². The molecule has 0 radical (unpaired) electrons. The molecule has 5 N–H and O–H groups in total. The monoisotopic (exact) mass is 451 g/mol. The number of amides is 1. The molecule has 1 heterocycles. The third-order valence-electron chi connectivity index (χ3n) is 5.13. The number of nitriles is 1. The molecule has 1 saturated carbocycles. The van der Waals surface area contributed by atoms with E-state index in [1.807, 2.05) is 30.5 Å². The summed E-state index contributed by atoms with van der Waals surface area (Å²) in [6.45, 7) is 0. The molecule has 1 aliphatic rings. The van der Waals surface area contributed by atoms with Crippen molar-refractivity contribution in [2.24, 2.45) is 5.73 Å². The molecule has 0 saturated heterocycles. The molecule has 1 aliphatic carbocycles. The molecule has 2 aromatic rings. The van der Waals surface area contributed by atoms with E-state index in [9.17, 15) is 23.2 Å². The molecule has 1 aromatic carbocycles. The first-order valence-electron chi connectivity index (χ1n) is 9.93. The summed E-state index contributed by atoms with van der Waals surface area (Å²) in [7, 11) is 0. The van der Waals surface area contributed by atoms with Gasteiger partial charge >= 0.3 is 12.1 Å². The maximum absolute atomic E-state index is 12.5. The van der Waals surface area contributed by atoms with E-state index in [-0.39, 0.29) is 5.91 Å². The van der Waals surface area contributed by atoms with Crippen molar-refractivity contribution in [2.45, 2.75) is 56.3 Å². The molecule has 1 atom stereocenters. The van der Waals surface area contributed by atoms with Crippen LogP contribution in [-0.4, -0.2) is 44.9 Å². The minimum absolute atomic E-state index is 0.200. The van der Waals surface area contributed by atoms with Gasteiger partial charge < -0.3 is 16.2 Å². The lowest BCUT2D eigenvalue weighted by Gasteiger charge is -2.32. The van der Waals surface area contributed by atoms with Gasteiger partial charge in [-0.2, -0.15) is 23.5 Å². The molecule has 1 fully saturated rings. The van der Waals surface area contributed by atoms with Gasteiger partial charge in [0.05, 0.1) is 17.8 Å². The Morgan fingerprint density at radius 3 is 2.28 bits per heavy atom. The fourth-order valence-corrected chi connectivity index (χ4v) is 3.32. The first kappa shape index (κ1) is 24.9. The highest BCUT2D eigenvalue weighted by Crippen LogP contribution is 2.26. The fourth-order valence-electron chi connectivity index (χ4n) is 3.32. The topological polar surface area (TPSA) is 145 Å². The number of carboxylic acids is 1. The van der Waals surface area contributed by atoms with Gasteiger partial charge in [-0.15, -0.1) is 0 Å². The van der Waals surface area contributed by atoms with Crippen molar-refractivity contribution >= 4 is 11.9 Å². The molecule has 3 rings (SSSR count). The Kier molecular flexibility index (Phi) is 8.37. The maximum Gasteiger partial charge on any atom is 0.490 e. The fraction of sp³-hybridized carbons (Fsp3) is 0.429. The van der Waals surface area contributed by atoms with E-state index in [1.54, 1.807) is 6.20 Å². The molecule has 8 nitrogen and oxygen atoms in total. The lowest BCUT2D eigenvalue weighted by molar-refractivity contribution is -0.192. The van der Waals surface area contributed by atoms with Gasteiger partial charge in [-0.05, 0) is 24.0 Å². The van der Waals surface area contributed by atoms with Crippen LogP contribution in [0.4, 0.5) is 13.2 Å². The number of rotatable bonds is 5. The van der Waals surface area contributed by atoms with Gasteiger partial charge in [0, 0.05) is 18.2 Å². The maximum atomic E-state index is 12.5. The van der Waals surface area contributed by atoms with Gasteiger partial charge in [0.15, 0.2) is 0 Å². The third-order valence-corrected chi connectivity index (χ3v) is 5.13. The van der Waals surface area contributed by atoms with E-state index in [2.05, 4.69) is 21.6 Å². The van der Waals surface area contributed by atoms with Crippen LogP contribution >= 0.6 is 0 Å². The number of alkyl halides is 3. The number of H-pyrrole nitrogens is 1. The number of carbonyl (C=O) groups excluding carboxylic acids is 1. The molecule has 1 unspecified atom stereocenters. The van der Waals surface area contributed by atoms with E-state index < -0.39 is 23.7 Å². The zero-order valence-electron chi connectivity index (χ0n) is 17.2. The summed E-state index contributed by atoms with van der Waals surface area (Å²) in [6.07, 6.45) is 3.41. The minimum atomic E-state index is -5.08. The molecule has 32 heavy (non-hydrogen) atoms. The Hall–Kier alpha value is -3.39. The Morgan fingerprint density at radius 2 is 1.81 bits per heavy atom. The van der Waals surface area contributed by atoms with Crippen molar-refractivity contribution in [3.63, 3.8) is 0 Å². The summed E-state index contributed by atoms with van der Waals surface area (Å²) in [5, 5.41) is 26.1. The lowest BCUT2D eigenvalue weighted by Crippen LogP contribution is -2.57. The zero-order valence-corrected chi connectivity index (χ0v) is 17.2. The number of nitrogens with two attached hydrogens (primary N) is 1. The molecule has 0 bridgehead atoms. The predicted molar refractivity (Wildman–Crippen MR) is 109 cm³/mol. The first-order chi connectivity index (χ1) is 15.0. The molecule has 11 heteroatoms. The number of halogens is 3. The molecule has 0 spiro atoms. The van der Waals surface area contributed by atoms with Gasteiger partial charge in [-0.1, -0.05) is 43.5 Å². The Morgan fingerprint density at radius 1 is 1.22 bits per heavy atom. The summed E-state index contributed by atoms with van der Waals surface area (Å²) in [5.41, 5.74) is 8.48. The van der Waals surface area contributed by atoms with Gasteiger partial charge in [0.2, 0.25) is 5.91 Å². The highest BCUT2D eigenvalue weighted by molar-refractivity contribution is 5.86. The number of hydrogen-bond acceptors (Lipinski definition) is 5. The highest BCUT2D eigenvalue weighted by atomic mass is 19.4. The lowest BCUT2D eigenvalue weighted by atomic mass is 9.81. The molecular formula is C21H24F3N5O3. The molecule has 172 valence electrons. The second-order valence-electron chi connectivity index (χ2n) is 7.56. The quantitative estimate of drug-likeness (QED) is 0.550. The van der Waals surface area contributed by atoms with Crippen LogP contribution in [0.25, 0.3) is 11.1 Å². The van der Waals surface area contributed by atoms with Gasteiger partial charge in [-0.25, -0.2) is 4.79 Å². The van der Waals surface area contributed by atoms with E-state index in [0.29, 0.717) is 19.3 Å². The predicted octanol–water partition coefficient (Wildman–Crippen LogP) is 2.92. The summed E-state index contributed by atoms with van der Waals surface area (Å²) >= 11 is 0. The normalized spacial score (nSPS) is 16.1. The number of nitrogens with zero attached hydrogens (tertiary/aromatic N) is 2. The van der Waals surface area contributed by atoms with Crippen LogP contribution in [0.1, 0.15) is 37.7 Å². The second kappa shape index (κ2) is 10.8. The number of carbonyl (C=O) groups is 2. The number of aromatic nitrogens is 2. The van der Waals surface area contributed by atoms with E-state index >= 15 is 0 Å². The number of carboxylic acid groups (broad SMARTS) is 1. The summed E-state index contributed by atoms with van der Waals surface area (Å²) in [5.74, 6) is -2.96. The number of aromatic amines is 1. The molecular weight excluding hydrogens is 427 g/mol. The number of benzene rings is 1. The Balaban J connectivity index is 0.000000451. The van der Waals surface area contributed by atoms with Crippen LogP contribution in [0, 0.1) is 11.3 Å². The molecule has 0 aliphatic heterocycles. The van der Waals surface area contributed by atoms with Crippen molar-refractivity contribution < 1.29 is 27.9 Å². The van der Waals surface area contributed by atoms with Crippen molar-refractivity contribution in [1.82, 2.24) is 15.5 Å². The van der Waals surface area contributed by atoms with E-state index in [1.165, 1.54) is 0 Å². The van der Waals surface area contributed by atoms with Gasteiger partial charge in [-0.3, -0.25) is 9.89 Å². The van der Waals surface area contributed by atoms with Crippen molar-refractivity contribution in [3.05, 3.63) is 42.2 Å². The zero-order chi connectivity index (χ0) is 23.8. The van der Waals surface area contributed by atoms with E-state index in [0.717, 1.165) is 36.0 Å². The van der Waals surface area contributed by atoms with Gasteiger partial charge in [0.25, 0.3) is 0 Å². The Bertz CT molecular complexity index is 931. The average Bonchev–Trinajstić information content (AvgIpc) is 3.29. The minimum Gasteiger partial charge on any atom is -0.475 e. The standard InChI is InChI=1S/C19H23N5O.C2HF3O2/c20-11-17(24-18(25)19(21)8-2-1-3-9-19)10-14-4-6-15(7-5-14)16-12-22-23-13-16;3-2(4,5)1(6)7/h4-7,12-13,17H,1-3,8-10,21H2,(H,22,23)(H,24,25);(H,6,7). The SMILES string of the molecule is N#CC(Cc1ccc(-c2cn[nH]c2)cc1)NC(=O)C1(N)CCCCC1.O=C(O)C(F)(F)F. The van der Waals surface area contributed by atoms with Gasteiger partial charge in [0.1, 0.15) is 6.04 Å². The first-order valence-corrected chi connectivity index (χ1v) is 9.93. The van der Waals surface area contributed by atoms with Crippen LogP contribution in [0.2, 0.25) is 0 Å². The average molecular weight is 451 g/mol. The smallest absolute Gasteiger partial charge is 0.475 e. The van der Waals surface area contributed by atoms with Crippen LogP contribution in [-0.2, 0) is 16.0 Å². The molecule has 1 aromatic heterocycles. The second-order valence-corrected chi connectivity index (χ2v) is 7.56. The van der Waals surface area contributed by atoms with Crippen molar-refractivity contribution in [2.75, 3.05) is 0 Å².